The topological polar surface area (TPSA) is 0 Å². The first-order valence-corrected chi connectivity index (χ1v) is 4.89. The molecule has 0 aromatic heterocycles. The number of hydrogen-bond acceptors (Lipinski definition) is 0. The summed E-state index contributed by atoms with van der Waals surface area (Å²) in [4.78, 5) is 0. The lowest BCUT2D eigenvalue weighted by Crippen LogP contribution is -3.33. The fraction of sp³-hybridized carbons (Fsp3) is 0.333. The molecule has 1 unspecified atom stereocenters. The van der Waals surface area contributed by atoms with Gasteiger partial charge in [0.1, 0.15) is 0 Å². The Bertz CT molecular complexity index is 135. The van der Waals surface area contributed by atoms with E-state index in [1.54, 1.807) is 0 Å². The number of halogens is 2. The molecule has 8 heavy (non-hydrogen) atoms. The van der Waals surface area contributed by atoms with Crippen LogP contribution in [0.25, 0.3) is 0 Å². The van der Waals surface area contributed by atoms with Crippen molar-refractivity contribution in [3.8, 4) is 0 Å². The summed E-state index contributed by atoms with van der Waals surface area (Å²) < 4.78 is 2.15. The molecule has 0 radical (unpaired) electrons. The molecule has 0 aromatic carbocycles. The molecule has 0 aromatic rings. The maximum absolute atomic E-state index is 2.45. The van der Waals surface area contributed by atoms with E-state index in [1.807, 2.05) is 0 Å². The average Bonchev–Trinajstić information content (AvgIpc) is 1.64. The van der Waals surface area contributed by atoms with Crippen LogP contribution in [0.3, 0.4) is 0 Å². The molecule has 0 N–H and O–H groups in total. The standard InChI is InChI=1S/C6H7I2/c7-5-2-1-3-6(8)4-5/h1-2,4,6-7H,3H2/q+1. The quantitative estimate of drug-likeness (QED) is 0.391. The van der Waals surface area contributed by atoms with Gasteiger partial charge in [-0.25, -0.2) is 0 Å². The van der Waals surface area contributed by atoms with Crippen molar-refractivity contribution in [2.45, 2.75) is 10.3 Å². The third-order valence-corrected chi connectivity index (χ3v) is 2.63. The third-order valence-electron chi connectivity index (χ3n) is 0.988. The Labute approximate surface area is 76.7 Å². The third kappa shape index (κ3) is 2.05. The molecule has 44 valence electrons. The van der Waals surface area contributed by atoms with E-state index >= 15 is 0 Å². The van der Waals surface area contributed by atoms with Crippen LogP contribution in [0.15, 0.2) is 21.8 Å². The van der Waals surface area contributed by atoms with Crippen LogP contribution in [0.4, 0.5) is 0 Å². The molecule has 0 saturated carbocycles. The van der Waals surface area contributed by atoms with Crippen molar-refractivity contribution in [3.05, 3.63) is 21.8 Å². The summed E-state index contributed by atoms with van der Waals surface area (Å²) in [5, 5.41) is 0. The van der Waals surface area contributed by atoms with Crippen molar-refractivity contribution in [1.82, 2.24) is 0 Å². The normalized spacial score (nSPS) is 27.8. The summed E-state index contributed by atoms with van der Waals surface area (Å²) in [5.41, 5.74) is 0. The molecule has 1 atom stereocenters. The fourth-order valence-corrected chi connectivity index (χ4v) is 2.80. The minimum atomic E-state index is 0.736. The monoisotopic (exact) mass is 333 g/mol. The van der Waals surface area contributed by atoms with Crippen LogP contribution in [0, 0.1) is 0 Å². The van der Waals surface area contributed by atoms with Gasteiger partial charge in [0.25, 0.3) is 22.6 Å². The molecule has 1 aliphatic rings. The van der Waals surface area contributed by atoms with Gasteiger partial charge in [-0.3, -0.25) is 0 Å². The van der Waals surface area contributed by atoms with Gasteiger partial charge in [0.15, 0.2) is 3.58 Å². The molecule has 0 fully saturated rings. The lowest BCUT2D eigenvalue weighted by Gasteiger charge is -2.00. The van der Waals surface area contributed by atoms with E-state index < -0.39 is 0 Å². The van der Waals surface area contributed by atoms with E-state index in [-0.39, 0.29) is 0 Å². The summed E-state index contributed by atoms with van der Waals surface area (Å²) in [6.07, 6.45) is 7.92. The fourth-order valence-electron chi connectivity index (χ4n) is 0.616. The van der Waals surface area contributed by atoms with Crippen molar-refractivity contribution in [2.24, 2.45) is 0 Å². The summed E-state index contributed by atoms with van der Waals surface area (Å²) >= 11 is 4.52. The molecule has 0 nitrogen and oxygen atoms in total. The summed E-state index contributed by atoms with van der Waals surface area (Å²) in [6.45, 7) is 0. The van der Waals surface area contributed by atoms with E-state index in [2.05, 4.69) is 63.4 Å². The van der Waals surface area contributed by atoms with Crippen molar-refractivity contribution >= 4 is 22.6 Å². The molecule has 2 heteroatoms. The molecule has 0 aliphatic heterocycles. The largest absolute Gasteiger partial charge is 0.296 e. The molecule has 0 spiro atoms. The Kier molecular flexibility index (Phi) is 2.82. The van der Waals surface area contributed by atoms with Gasteiger partial charge in [0.05, 0.1) is 0 Å². The Balaban J connectivity index is 2.63. The molecule has 0 bridgehead atoms. The number of allylic oxidation sites excluding steroid dienone is 4. The van der Waals surface area contributed by atoms with Gasteiger partial charge >= 0.3 is 0 Å². The second kappa shape index (κ2) is 3.20. The van der Waals surface area contributed by atoms with Gasteiger partial charge in [-0.15, -0.1) is 0 Å². The Morgan fingerprint density at radius 1 is 1.75 bits per heavy atom. The zero-order valence-corrected chi connectivity index (χ0v) is 8.79. The Morgan fingerprint density at radius 3 is 2.88 bits per heavy atom. The second-order valence-electron chi connectivity index (χ2n) is 1.72. The van der Waals surface area contributed by atoms with Crippen molar-refractivity contribution in [2.75, 3.05) is 0 Å². The van der Waals surface area contributed by atoms with Gasteiger partial charge in [-0.1, -0.05) is 28.7 Å². The predicted octanol–water partition coefficient (Wildman–Crippen LogP) is -1.08. The van der Waals surface area contributed by atoms with Crippen LogP contribution in [-0.2, 0) is 0 Å². The lowest BCUT2D eigenvalue weighted by atomic mass is 10.2. The van der Waals surface area contributed by atoms with E-state index in [0.29, 0.717) is 0 Å². The van der Waals surface area contributed by atoms with Gasteiger partial charge in [-0.05, 0) is 18.6 Å². The number of rotatable bonds is 0. The van der Waals surface area contributed by atoms with Gasteiger partial charge in [-0.2, -0.15) is 0 Å². The highest BCUT2D eigenvalue weighted by Gasteiger charge is 2.06. The number of alkyl halides is 1. The highest BCUT2D eigenvalue weighted by Crippen LogP contribution is 2.12. The van der Waals surface area contributed by atoms with Crippen molar-refractivity contribution < 1.29 is 22.6 Å². The van der Waals surface area contributed by atoms with Crippen molar-refractivity contribution in [1.29, 1.82) is 0 Å². The minimum absolute atomic E-state index is 0.736. The van der Waals surface area contributed by atoms with Gasteiger partial charge in [0.2, 0.25) is 0 Å². The summed E-state index contributed by atoms with van der Waals surface area (Å²) in [5.74, 6) is 0. The van der Waals surface area contributed by atoms with E-state index in [1.165, 1.54) is 10.0 Å². The molecule has 1 rings (SSSR count). The second-order valence-corrected chi connectivity index (χ2v) is 4.67. The first-order valence-electron chi connectivity index (χ1n) is 2.48. The maximum atomic E-state index is 2.45. The van der Waals surface area contributed by atoms with E-state index in [9.17, 15) is 0 Å². The molecule has 0 saturated heterocycles. The Morgan fingerprint density at radius 2 is 2.50 bits per heavy atom. The first kappa shape index (κ1) is 7.05. The highest BCUT2D eigenvalue weighted by atomic mass is 127. The smallest absolute Gasteiger partial charge is 0.0787 e. The molecular formula is C6H7I2+. The minimum Gasteiger partial charge on any atom is -0.0787 e. The van der Waals surface area contributed by atoms with Crippen LogP contribution in [0.2, 0.25) is 0 Å². The SMILES string of the molecule is IC1C=C([IH+])C=CC1. The van der Waals surface area contributed by atoms with Gasteiger partial charge in [0, 0.05) is 3.92 Å². The van der Waals surface area contributed by atoms with E-state index in [4.69, 9.17) is 0 Å². The van der Waals surface area contributed by atoms with E-state index in [0.717, 1.165) is 3.92 Å². The van der Waals surface area contributed by atoms with Crippen LogP contribution in [-0.4, -0.2) is 3.92 Å². The Hall–Kier alpha value is 0.940. The van der Waals surface area contributed by atoms with Gasteiger partial charge < -0.3 is 0 Å². The highest BCUT2D eigenvalue weighted by molar-refractivity contribution is 14.1. The van der Waals surface area contributed by atoms with Crippen LogP contribution in [0.1, 0.15) is 6.42 Å². The molecule has 1 aliphatic carbocycles. The van der Waals surface area contributed by atoms with Crippen molar-refractivity contribution in [3.63, 3.8) is 0 Å². The molecule has 0 heterocycles. The number of hydrogen-bond donors (Lipinski definition) is 0. The zero-order chi connectivity index (χ0) is 5.98. The lowest BCUT2D eigenvalue weighted by molar-refractivity contribution is -0.295. The maximum Gasteiger partial charge on any atom is 0.296 e. The summed E-state index contributed by atoms with van der Waals surface area (Å²) in [7, 11) is 0. The average molecular weight is 333 g/mol. The van der Waals surface area contributed by atoms with Crippen LogP contribution in [0.5, 0.6) is 0 Å². The van der Waals surface area contributed by atoms with Crippen LogP contribution < -0.4 is 22.6 Å². The zero-order valence-electron chi connectivity index (χ0n) is 4.30. The van der Waals surface area contributed by atoms with Crippen LogP contribution >= 0.6 is 22.6 Å². The predicted molar refractivity (Wildman–Crippen MR) is 41.0 cm³/mol. The summed E-state index contributed by atoms with van der Waals surface area (Å²) in [6, 6.07) is 0. The first-order chi connectivity index (χ1) is 3.79. The molecular weight excluding hydrogens is 326 g/mol. The molecule has 0 amide bonds.